The van der Waals surface area contributed by atoms with Gasteiger partial charge in [0.15, 0.2) is 12.6 Å². The van der Waals surface area contributed by atoms with Gasteiger partial charge in [0, 0.05) is 12.5 Å². The Morgan fingerprint density at radius 1 is 1.10 bits per heavy atom. The van der Waals surface area contributed by atoms with Crippen LogP contribution < -0.4 is 14.8 Å². The standard InChI is InChI=1S/C20H21N5O5/c1-28-15-8-9-18(29-2)16(11-15)22-19(26)12-30-20(27)17(25-13-21-23-24-25)10-14-6-4-3-5-7-14/h3-9,11,13,17H,10,12H2,1-2H3,(H,22,26)/t17-/m1/s1. The smallest absolute Gasteiger partial charge is 0.331 e. The Morgan fingerprint density at radius 3 is 2.57 bits per heavy atom. The number of tetrazole rings is 1. The highest BCUT2D eigenvalue weighted by Crippen LogP contribution is 2.28. The van der Waals surface area contributed by atoms with Crippen molar-refractivity contribution in [3.8, 4) is 11.5 Å². The highest BCUT2D eigenvalue weighted by atomic mass is 16.5. The van der Waals surface area contributed by atoms with Crippen molar-refractivity contribution in [3.63, 3.8) is 0 Å². The molecular formula is C20H21N5O5. The molecule has 0 radical (unpaired) electrons. The molecule has 10 nitrogen and oxygen atoms in total. The number of amides is 1. The Morgan fingerprint density at radius 2 is 1.90 bits per heavy atom. The van der Waals surface area contributed by atoms with Crippen molar-refractivity contribution < 1.29 is 23.8 Å². The van der Waals surface area contributed by atoms with Crippen LogP contribution in [-0.2, 0) is 20.7 Å². The van der Waals surface area contributed by atoms with Gasteiger partial charge in [-0.3, -0.25) is 4.79 Å². The highest BCUT2D eigenvalue weighted by molar-refractivity contribution is 5.94. The van der Waals surface area contributed by atoms with Crippen LogP contribution in [0.1, 0.15) is 11.6 Å². The van der Waals surface area contributed by atoms with Crippen LogP contribution in [0, 0.1) is 0 Å². The van der Waals surface area contributed by atoms with Crippen LogP contribution in [0.25, 0.3) is 0 Å². The van der Waals surface area contributed by atoms with E-state index in [4.69, 9.17) is 14.2 Å². The summed E-state index contributed by atoms with van der Waals surface area (Å²) in [5.74, 6) is -0.153. The van der Waals surface area contributed by atoms with Gasteiger partial charge in [0.1, 0.15) is 17.8 Å². The predicted molar refractivity (Wildman–Crippen MR) is 106 cm³/mol. The van der Waals surface area contributed by atoms with E-state index in [2.05, 4.69) is 20.8 Å². The normalized spacial score (nSPS) is 11.4. The zero-order valence-electron chi connectivity index (χ0n) is 16.5. The second kappa shape index (κ2) is 10.0. The van der Waals surface area contributed by atoms with E-state index in [9.17, 15) is 9.59 Å². The number of methoxy groups -OCH3 is 2. The largest absolute Gasteiger partial charge is 0.497 e. The molecule has 1 N–H and O–H groups in total. The number of nitrogens with one attached hydrogen (secondary N) is 1. The van der Waals surface area contributed by atoms with E-state index in [0.717, 1.165) is 5.56 Å². The maximum Gasteiger partial charge on any atom is 0.331 e. The molecule has 156 valence electrons. The summed E-state index contributed by atoms with van der Waals surface area (Å²) >= 11 is 0. The number of anilines is 1. The summed E-state index contributed by atoms with van der Waals surface area (Å²) in [6, 6.07) is 13.5. The first-order valence-corrected chi connectivity index (χ1v) is 9.05. The molecule has 1 heterocycles. The molecule has 3 rings (SSSR count). The molecule has 0 saturated carbocycles. The highest BCUT2D eigenvalue weighted by Gasteiger charge is 2.25. The molecule has 10 heteroatoms. The van der Waals surface area contributed by atoms with Crippen molar-refractivity contribution in [2.45, 2.75) is 12.5 Å². The third kappa shape index (κ3) is 5.31. The van der Waals surface area contributed by atoms with Gasteiger partial charge in [-0.05, 0) is 28.1 Å². The van der Waals surface area contributed by atoms with Gasteiger partial charge in [-0.1, -0.05) is 30.3 Å². The van der Waals surface area contributed by atoms with Crippen molar-refractivity contribution in [1.29, 1.82) is 0 Å². The van der Waals surface area contributed by atoms with E-state index in [-0.39, 0.29) is 0 Å². The first-order valence-electron chi connectivity index (χ1n) is 9.05. The fourth-order valence-corrected chi connectivity index (χ4v) is 2.76. The molecule has 1 amide bonds. The first kappa shape index (κ1) is 20.8. The van der Waals surface area contributed by atoms with Gasteiger partial charge in [-0.15, -0.1) is 5.10 Å². The molecule has 0 aliphatic carbocycles. The molecule has 30 heavy (non-hydrogen) atoms. The second-order valence-electron chi connectivity index (χ2n) is 6.22. The minimum Gasteiger partial charge on any atom is -0.497 e. The Balaban J connectivity index is 1.64. The fraction of sp³-hybridized carbons (Fsp3) is 0.250. The first-order chi connectivity index (χ1) is 14.6. The maximum absolute atomic E-state index is 12.7. The number of carbonyl (C=O) groups is 2. The van der Waals surface area contributed by atoms with E-state index >= 15 is 0 Å². The van der Waals surface area contributed by atoms with E-state index < -0.39 is 24.5 Å². The van der Waals surface area contributed by atoms with E-state index in [1.54, 1.807) is 18.2 Å². The van der Waals surface area contributed by atoms with E-state index in [1.165, 1.54) is 25.2 Å². The molecule has 0 spiro atoms. The minimum absolute atomic E-state index is 0.316. The Hall–Kier alpha value is -3.95. The van der Waals surface area contributed by atoms with Crippen molar-refractivity contribution in [1.82, 2.24) is 20.2 Å². The minimum atomic E-state index is -0.804. The van der Waals surface area contributed by atoms with Gasteiger partial charge in [-0.25, -0.2) is 9.48 Å². The van der Waals surface area contributed by atoms with Crippen LogP contribution in [0.5, 0.6) is 11.5 Å². The Kier molecular flexibility index (Phi) is 6.93. The summed E-state index contributed by atoms with van der Waals surface area (Å²) in [5.41, 5.74) is 1.31. The molecule has 0 aliphatic heterocycles. The molecule has 3 aromatic rings. The molecular weight excluding hydrogens is 390 g/mol. The summed E-state index contributed by atoms with van der Waals surface area (Å²) in [4.78, 5) is 25.0. The summed E-state index contributed by atoms with van der Waals surface area (Å²) in [6.45, 7) is -0.480. The fourth-order valence-electron chi connectivity index (χ4n) is 2.76. The third-order valence-corrected chi connectivity index (χ3v) is 4.25. The average Bonchev–Trinajstić information content (AvgIpc) is 3.31. The molecule has 1 atom stereocenters. The van der Waals surface area contributed by atoms with Gasteiger partial charge in [0.05, 0.1) is 19.9 Å². The lowest BCUT2D eigenvalue weighted by atomic mass is 10.1. The number of benzene rings is 2. The topological polar surface area (TPSA) is 117 Å². The van der Waals surface area contributed by atoms with Gasteiger partial charge in [0.25, 0.3) is 5.91 Å². The summed E-state index contributed by atoms with van der Waals surface area (Å²) in [5, 5.41) is 13.6. The van der Waals surface area contributed by atoms with Crippen molar-refractivity contribution in [3.05, 3.63) is 60.4 Å². The lowest BCUT2D eigenvalue weighted by Crippen LogP contribution is -2.28. The zero-order valence-corrected chi connectivity index (χ0v) is 16.5. The lowest BCUT2D eigenvalue weighted by Gasteiger charge is -2.16. The van der Waals surface area contributed by atoms with Crippen LogP contribution in [-0.4, -0.2) is 52.9 Å². The number of ether oxygens (including phenoxy) is 3. The zero-order chi connectivity index (χ0) is 21.3. The number of rotatable bonds is 9. The van der Waals surface area contributed by atoms with Crippen LogP contribution in [0.3, 0.4) is 0 Å². The Labute approximate surface area is 172 Å². The van der Waals surface area contributed by atoms with Crippen LogP contribution >= 0.6 is 0 Å². The third-order valence-electron chi connectivity index (χ3n) is 4.25. The molecule has 0 unspecified atom stereocenters. The van der Waals surface area contributed by atoms with Crippen molar-refractivity contribution in [2.75, 3.05) is 26.1 Å². The molecule has 0 saturated heterocycles. The number of carbonyl (C=O) groups excluding carboxylic acids is 2. The summed E-state index contributed by atoms with van der Waals surface area (Å²) in [7, 11) is 3.00. The maximum atomic E-state index is 12.7. The summed E-state index contributed by atoms with van der Waals surface area (Å²) < 4.78 is 16.9. The molecule has 2 aromatic carbocycles. The Bertz CT molecular complexity index is 979. The van der Waals surface area contributed by atoms with Crippen molar-refractivity contribution >= 4 is 17.6 Å². The van der Waals surface area contributed by atoms with Gasteiger partial charge in [0.2, 0.25) is 0 Å². The number of esters is 1. The average molecular weight is 411 g/mol. The molecule has 0 aliphatic rings. The van der Waals surface area contributed by atoms with Gasteiger partial charge < -0.3 is 19.5 Å². The number of hydrogen-bond acceptors (Lipinski definition) is 8. The van der Waals surface area contributed by atoms with Crippen LogP contribution in [0.15, 0.2) is 54.9 Å². The van der Waals surface area contributed by atoms with Crippen molar-refractivity contribution in [2.24, 2.45) is 0 Å². The van der Waals surface area contributed by atoms with Gasteiger partial charge in [-0.2, -0.15) is 0 Å². The van der Waals surface area contributed by atoms with E-state index in [1.807, 2.05) is 30.3 Å². The second-order valence-corrected chi connectivity index (χ2v) is 6.22. The SMILES string of the molecule is COc1ccc(OC)c(NC(=O)COC(=O)[C@@H](Cc2ccccc2)n2cnnn2)c1. The monoisotopic (exact) mass is 411 g/mol. The molecule has 0 bridgehead atoms. The van der Waals surface area contributed by atoms with Crippen LogP contribution in [0.4, 0.5) is 5.69 Å². The van der Waals surface area contributed by atoms with E-state index in [0.29, 0.717) is 23.6 Å². The predicted octanol–water partition coefficient (Wildman–Crippen LogP) is 1.66. The number of aromatic nitrogens is 4. The lowest BCUT2D eigenvalue weighted by molar-refractivity contribution is -0.151. The summed E-state index contributed by atoms with van der Waals surface area (Å²) in [6.07, 6.45) is 1.64. The molecule has 1 aromatic heterocycles. The quantitative estimate of drug-likeness (QED) is 0.528. The van der Waals surface area contributed by atoms with Crippen LogP contribution in [0.2, 0.25) is 0 Å². The number of hydrogen-bond donors (Lipinski definition) is 1. The van der Waals surface area contributed by atoms with Gasteiger partial charge >= 0.3 is 5.97 Å². The number of nitrogens with zero attached hydrogens (tertiary/aromatic N) is 4. The molecule has 0 fully saturated rings.